The number of thiazole rings is 1. The molecule has 19 heavy (non-hydrogen) atoms. The number of hydrogen-bond donors (Lipinski definition) is 0. The van der Waals surface area contributed by atoms with Crippen LogP contribution >= 0.6 is 11.3 Å². The molecule has 0 aliphatic carbocycles. The molecule has 0 saturated heterocycles. The van der Waals surface area contributed by atoms with Gasteiger partial charge in [0.2, 0.25) is 0 Å². The molecule has 0 saturated carbocycles. The van der Waals surface area contributed by atoms with E-state index in [2.05, 4.69) is 24.0 Å². The number of benzene rings is 1. The lowest BCUT2D eigenvalue weighted by Crippen LogP contribution is -1.92. The molecular formula is C16H19NOS. The normalized spacial score (nSPS) is 11.1. The molecule has 1 aromatic carbocycles. The highest BCUT2D eigenvalue weighted by atomic mass is 32.1. The van der Waals surface area contributed by atoms with Gasteiger partial charge in [0.15, 0.2) is 0 Å². The minimum Gasteiger partial charge on any atom is -0.490 e. The largest absolute Gasteiger partial charge is 0.490 e. The zero-order valence-corrected chi connectivity index (χ0v) is 12.2. The molecule has 2 rings (SSSR count). The van der Waals surface area contributed by atoms with Gasteiger partial charge in [-0.2, -0.15) is 0 Å². The molecule has 3 heteroatoms. The van der Waals surface area contributed by atoms with Crippen molar-refractivity contribution in [3.8, 4) is 16.3 Å². The second-order valence-corrected chi connectivity index (χ2v) is 5.40. The van der Waals surface area contributed by atoms with Crippen LogP contribution in [0.5, 0.6) is 5.75 Å². The van der Waals surface area contributed by atoms with Crippen molar-refractivity contribution in [2.24, 2.45) is 0 Å². The van der Waals surface area contributed by atoms with Crippen LogP contribution in [0.25, 0.3) is 10.6 Å². The minimum atomic E-state index is 0.619. The van der Waals surface area contributed by atoms with E-state index < -0.39 is 0 Å². The van der Waals surface area contributed by atoms with Crippen molar-refractivity contribution >= 4 is 11.3 Å². The Balaban J connectivity index is 2.04. The first-order valence-electron chi connectivity index (χ1n) is 6.62. The van der Waals surface area contributed by atoms with E-state index in [1.165, 1.54) is 11.3 Å². The maximum Gasteiger partial charge on any atom is 0.123 e. The van der Waals surface area contributed by atoms with Crippen LogP contribution in [-0.4, -0.2) is 11.6 Å². The van der Waals surface area contributed by atoms with E-state index in [9.17, 15) is 0 Å². The van der Waals surface area contributed by atoms with Gasteiger partial charge in [0.25, 0.3) is 0 Å². The van der Waals surface area contributed by atoms with Crippen molar-refractivity contribution in [3.05, 3.63) is 47.5 Å². The fourth-order valence-corrected chi connectivity index (χ4v) is 2.76. The Morgan fingerprint density at radius 3 is 2.74 bits per heavy atom. The zero-order chi connectivity index (χ0) is 13.5. The SMILES string of the molecule is C/C=C/COc1ccc(-c2ncc(CCC)s2)cc1. The molecule has 0 unspecified atom stereocenters. The predicted octanol–water partition coefficient (Wildman–Crippen LogP) is 4.72. The number of ether oxygens (including phenoxy) is 1. The van der Waals surface area contributed by atoms with E-state index >= 15 is 0 Å². The Morgan fingerprint density at radius 2 is 2.05 bits per heavy atom. The van der Waals surface area contributed by atoms with Gasteiger partial charge in [-0.05, 0) is 37.6 Å². The molecule has 100 valence electrons. The molecule has 0 bridgehead atoms. The number of rotatable bonds is 6. The topological polar surface area (TPSA) is 22.1 Å². The zero-order valence-electron chi connectivity index (χ0n) is 11.4. The van der Waals surface area contributed by atoms with Crippen molar-refractivity contribution in [1.29, 1.82) is 0 Å². The lowest BCUT2D eigenvalue weighted by molar-refractivity contribution is 0.363. The van der Waals surface area contributed by atoms with Crippen molar-refractivity contribution in [2.45, 2.75) is 26.7 Å². The second-order valence-electron chi connectivity index (χ2n) is 4.29. The highest BCUT2D eigenvalue weighted by molar-refractivity contribution is 7.15. The number of allylic oxidation sites excluding steroid dienone is 1. The molecule has 1 aromatic heterocycles. The monoisotopic (exact) mass is 273 g/mol. The molecule has 0 atom stereocenters. The highest BCUT2D eigenvalue weighted by Gasteiger charge is 2.04. The first-order valence-corrected chi connectivity index (χ1v) is 7.44. The summed E-state index contributed by atoms with van der Waals surface area (Å²) in [6.07, 6.45) is 8.24. The Labute approximate surface area is 118 Å². The smallest absolute Gasteiger partial charge is 0.123 e. The lowest BCUT2D eigenvalue weighted by Gasteiger charge is -2.03. The van der Waals surface area contributed by atoms with Gasteiger partial charge < -0.3 is 4.74 Å². The number of nitrogens with zero attached hydrogens (tertiary/aromatic N) is 1. The van der Waals surface area contributed by atoms with Crippen molar-refractivity contribution in [1.82, 2.24) is 4.98 Å². The standard InChI is InChI=1S/C16H19NOS/c1-3-5-11-18-14-9-7-13(8-10-14)16-17-12-15(19-16)6-4-2/h3,5,7-10,12H,4,6,11H2,1-2H3/b5-3+. The van der Waals surface area contributed by atoms with Gasteiger partial charge in [-0.25, -0.2) is 4.98 Å². The second kappa shape index (κ2) is 7.10. The van der Waals surface area contributed by atoms with Crippen LogP contribution in [0.2, 0.25) is 0 Å². The van der Waals surface area contributed by atoms with Crippen LogP contribution in [0.15, 0.2) is 42.6 Å². The molecule has 0 radical (unpaired) electrons. The lowest BCUT2D eigenvalue weighted by atomic mass is 10.2. The van der Waals surface area contributed by atoms with E-state index in [0.717, 1.165) is 22.7 Å². The molecule has 2 nitrogen and oxygen atoms in total. The molecule has 0 amide bonds. The molecule has 0 spiro atoms. The first kappa shape index (κ1) is 13.8. The fourth-order valence-electron chi connectivity index (χ4n) is 1.74. The Kier molecular flexibility index (Phi) is 5.16. The molecular weight excluding hydrogens is 254 g/mol. The summed E-state index contributed by atoms with van der Waals surface area (Å²) in [4.78, 5) is 5.83. The van der Waals surface area contributed by atoms with Crippen LogP contribution in [0.4, 0.5) is 0 Å². The number of aryl methyl sites for hydroxylation is 1. The Bertz CT molecular complexity index is 528. The fraction of sp³-hybridized carbons (Fsp3) is 0.312. The summed E-state index contributed by atoms with van der Waals surface area (Å²) >= 11 is 1.77. The first-order chi connectivity index (χ1) is 9.33. The highest BCUT2D eigenvalue weighted by Crippen LogP contribution is 2.27. The minimum absolute atomic E-state index is 0.619. The van der Waals surface area contributed by atoms with Crippen molar-refractivity contribution < 1.29 is 4.74 Å². The van der Waals surface area contributed by atoms with Gasteiger partial charge in [-0.15, -0.1) is 11.3 Å². The van der Waals surface area contributed by atoms with Gasteiger partial charge in [-0.1, -0.05) is 25.5 Å². The summed E-state index contributed by atoms with van der Waals surface area (Å²) in [5.41, 5.74) is 1.16. The summed E-state index contributed by atoms with van der Waals surface area (Å²) in [6, 6.07) is 8.14. The van der Waals surface area contributed by atoms with E-state index in [-0.39, 0.29) is 0 Å². The van der Waals surface area contributed by atoms with E-state index in [4.69, 9.17) is 4.74 Å². The molecule has 2 aromatic rings. The molecule has 0 N–H and O–H groups in total. The molecule has 0 fully saturated rings. The Morgan fingerprint density at radius 1 is 1.26 bits per heavy atom. The summed E-state index contributed by atoms with van der Waals surface area (Å²) in [5, 5.41) is 1.09. The van der Waals surface area contributed by atoms with Gasteiger partial charge in [0.05, 0.1) is 0 Å². The van der Waals surface area contributed by atoms with Gasteiger partial charge in [-0.3, -0.25) is 0 Å². The van der Waals surface area contributed by atoms with Crippen LogP contribution in [0, 0.1) is 0 Å². The summed E-state index contributed by atoms with van der Waals surface area (Å²) in [6.45, 7) is 4.80. The summed E-state index contributed by atoms with van der Waals surface area (Å²) in [7, 11) is 0. The van der Waals surface area contributed by atoms with Crippen LogP contribution < -0.4 is 4.74 Å². The number of hydrogen-bond acceptors (Lipinski definition) is 3. The van der Waals surface area contributed by atoms with Gasteiger partial charge in [0.1, 0.15) is 17.4 Å². The van der Waals surface area contributed by atoms with Gasteiger partial charge >= 0.3 is 0 Å². The molecule has 0 aliphatic rings. The van der Waals surface area contributed by atoms with E-state index in [1.54, 1.807) is 11.3 Å². The maximum absolute atomic E-state index is 5.58. The third-order valence-corrected chi connectivity index (χ3v) is 3.84. The third-order valence-electron chi connectivity index (χ3n) is 2.73. The third kappa shape index (κ3) is 3.93. The summed E-state index contributed by atoms with van der Waals surface area (Å²) < 4.78 is 5.58. The van der Waals surface area contributed by atoms with Crippen molar-refractivity contribution in [2.75, 3.05) is 6.61 Å². The molecule has 1 heterocycles. The number of aromatic nitrogens is 1. The molecule has 0 aliphatic heterocycles. The van der Waals surface area contributed by atoms with Crippen LogP contribution in [-0.2, 0) is 6.42 Å². The summed E-state index contributed by atoms with van der Waals surface area (Å²) in [5.74, 6) is 0.896. The van der Waals surface area contributed by atoms with Gasteiger partial charge in [0, 0.05) is 16.6 Å². The van der Waals surface area contributed by atoms with E-state index in [1.807, 2.05) is 37.4 Å². The maximum atomic E-state index is 5.58. The average Bonchev–Trinajstić information content (AvgIpc) is 2.89. The predicted molar refractivity (Wildman–Crippen MR) is 81.9 cm³/mol. The average molecular weight is 273 g/mol. The quantitative estimate of drug-likeness (QED) is 0.711. The Hall–Kier alpha value is -1.61. The van der Waals surface area contributed by atoms with E-state index in [0.29, 0.717) is 6.61 Å². The van der Waals surface area contributed by atoms with Crippen LogP contribution in [0.3, 0.4) is 0 Å². The van der Waals surface area contributed by atoms with Crippen LogP contribution in [0.1, 0.15) is 25.1 Å². The van der Waals surface area contributed by atoms with Crippen molar-refractivity contribution in [3.63, 3.8) is 0 Å².